The minimum atomic E-state index is -0.329. The average molecular weight is 474 g/mol. The van der Waals surface area contributed by atoms with Crippen LogP contribution in [-0.4, -0.2) is 48.9 Å². The number of benzene rings is 2. The molecule has 2 aromatic heterocycles. The number of fused-ring (bicyclic) bond motifs is 1. The van der Waals surface area contributed by atoms with Gasteiger partial charge in [-0.25, -0.2) is 9.67 Å². The zero-order chi connectivity index (χ0) is 23.7. The van der Waals surface area contributed by atoms with E-state index in [9.17, 15) is 9.59 Å². The number of likely N-dealkylation sites (tertiary alicyclic amines) is 1. The molecule has 1 amide bonds. The van der Waals surface area contributed by atoms with Gasteiger partial charge >= 0.3 is 0 Å². The maximum absolute atomic E-state index is 12.9. The topological polar surface area (TPSA) is 121 Å². The van der Waals surface area contributed by atoms with Crippen LogP contribution in [0.1, 0.15) is 46.1 Å². The van der Waals surface area contributed by atoms with Gasteiger partial charge in [-0.1, -0.05) is 35.0 Å². The highest BCUT2D eigenvalue weighted by Gasteiger charge is 2.27. The molecule has 0 atom stereocenters. The van der Waals surface area contributed by atoms with Gasteiger partial charge < -0.3 is 9.88 Å². The van der Waals surface area contributed by atoms with E-state index in [0.717, 1.165) is 5.56 Å². The fourth-order valence-electron chi connectivity index (χ4n) is 4.25. The summed E-state index contributed by atoms with van der Waals surface area (Å²) in [4.78, 5) is 34.8. The van der Waals surface area contributed by atoms with Crippen LogP contribution in [-0.2, 0) is 6.54 Å². The molecule has 3 heterocycles. The number of piperidine rings is 1. The summed E-state index contributed by atoms with van der Waals surface area (Å²) in [5.41, 5.74) is 2.17. The highest BCUT2D eigenvalue weighted by Crippen LogP contribution is 2.27. The second-order valence-electron chi connectivity index (χ2n) is 8.26. The number of amides is 1. The third-order valence-electron chi connectivity index (χ3n) is 6.02. The highest BCUT2D eigenvalue weighted by molar-refractivity contribution is 6.30. The number of H-pyrrole nitrogens is 1. The Morgan fingerprint density at radius 3 is 2.74 bits per heavy atom. The average Bonchev–Trinajstić information content (AvgIpc) is 3.27. The number of rotatable bonds is 4. The minimum absolute atomic E-state index is 0.00103. The molecule has 34 heavy (non-hydrogen) atoms. The van der Waals surface area contributed by atoms with E-state index < -0.39 is 0 Å². The van der Waals surface area contributed by atoms with Gasteiger partial charge in [-0.3, -0.25) is 9.59 Å². The number of nitriles is 1. The molecule has 1 N–H and O–H groups in total. The van der Waals surface area contributed by atoms with Crippen LogP contribution in [0.5, 0.6) is 0 Å². The number of nitrogens with zero attached hydrogens (tertiary/aromatic N) is 6. The number of halogens is 1. The first-order valence-electron chi connectivity index (χ1n) is 10.9. The van der Waals surface area contributed by atoms with E-state index in [1.165, 1.54) is 0 Å². The first-order chi connectivity index (χ1) is 16.5. The smallest absolute Gasteiger partial charge is 0.281 e. The Labute approximate surface area is 199 Å². The van der Waals surface area contributed by atoms with Crippen LogP contribution in [0.25, 0.3) is 11.2 Å². The third kappa shape index (κ3) is 4.28. The lowest BCUT2D eigenvalue weighted by molar-refractivity contribution is 0.0711. The third-order valence-corrected chi connectivity index (χ3v) is 6.26. The number of aromatic amines is 1. The lowest BCUT2D eigenvalue weighted by Gasteiger charge is -2.31. The Bertz CT molecular complexity index is 1480. The van der Waals surface area contributed by atoms with Crippen LogP contribution in [0.4, 0.5) is 0 Å². The van der Waals surface area contributed by atoms with Crippen LogP contribution in [0.15, 0.2) is 53.3 Å². The number of carbonyl (C=O) groups is 1. The van der Waals surface area contributed by atoms with Crippen molar-refractivity contribution in [3.63, 3.8) is 0 Å². The lowest BCUT2D eigenvalue weighted by Crippen LogP contribution is -2.38. The molecule has 4 aromatic rings. The standard InChI is InChI=1S/C24H20ClN7O2/c25-19-6-2-4-16(12-19)14-32-22-20(29-30-32)23(33)28-21(27-22)17-7-9-31(10-8-17)24(34)18-5-1-3-15(11-18)13-26/h1-6,11-12,17H,7-10,14H2,(H,27,28,33). The first-order valence-corrected chi connectivity index (χ1v) is 11.3. The van der Waals surface area contributed by atoms with E-state index in [1.807, 2.05) is 18.2 Å². The van der Waals surface area contributed by atoms with Crippen LogP contribution in [0, 0.1) is 11.3 Å². The molecule has 9 nitrogen and oxygen atoms in total. The zero-order valence-electron chi connectivity index (χ0n) is 18.1. The van der Waals surface area contributed by atoms with Gasteiger partial charge in [-0.2, -0.15) is 5.26 Å². The van der Waals surface area contributed by atoms with E-state index in [4.69, 9.17) is 21.8 Å². The summed E-state index contributed by atoms with van der Waals surface area (Å²) >= 11 is 6.09. The van der Waals surface area contributed by atoms with Crippen LogP contribution in [0.3, 0.4) is 0 Å². The summed E-state index contributed by atoms with van der Waals surface area (Å²) in [6.45, 7) is 1.45. The van der Waals surface area contributed by atoms with E-state index in [2.05, 4.69) is 21.4 Å². The van der Waals surface area contributed by atoms with Crippen LogP contribution < -0.4 is 5.56 Å². The van der Waals surface area contributed by atoms with Crippen molar-refractivity contribution in [1.82, 2.24) is 29.9 Å². The Kier molecular flexibility index (Phi) is 5.82. The van der Waals surface area contributed by atoms with Crippen molar-refractivity contribution in [1.29, 1.82) is 5.26 Å². The Hall–Kier alpha value is -4.03. The second kappa shape index (κ2) is 9.08. The van der Waals surface area contributed by atoms with Gasteiger partial charge in [0.2, 0.25) is 0 Å². The Morgan fingerprint density at radius 1 is 1.18 bits per heavy atom. The normalized spacial score (nSPS) is 14.3. The molecule has 1 saturated heterocycles. The van der Waals surface area contributed by atoms with E-state index in [1.54, 1.807) is 39.9 Å². The molecule has 0 bridgehead atoms. The summed E-state index contributed by atoms with van der Waals surface area (Å²) in [5.74, 6) is 0.475. The van der Waals surface area contributed by atoms with Crippen molar-refractivity contribution in [2.24, 2.45) is 0 Å². The molecule has 5 rings (SSSR count). The molecular weight excluding hydrogens is 454 g/mol. The SMILES string of the molecule is N#Cc1cccc(C(=O)N2CCC(c3nc4c(nnn4Cc4cccc(Cl)c4)c(=O)[nH]3)CC2)c1. The van der Waals surface area contributed by atoms with Gasteiger partial charge in [0.1, 0.15) is 5.82 Å². The predicted molar refractivity (Wildman–Crippen MR) is 126 cm³/mol. The molecule has 0 spiro atoms. The van der Waals surface area contributed by atoms with Gasteiger partial charge in [-0.05, 0) is 48.7 Å². The van der Waals surface area contributed by atoms with Gasteiger partial charge in [0.05, 0.1) is 18.2 Å². The van der Waals surface area contributed by atoms with Gasteiger partial charge in [0, 0.05) is 29.6 Å². The molecular formula is C24H20ClN7O2. The summed E-state index contributed by atoms with van der Waals surface area (Å²) in [6.07, 6.45) is 1.32. The number of hydrogen-bond donors (Lipinski definition) is 1. The monoisotopic (exact) mass is 473 g/mol. The molecule has 0 saturated carbocycles. The van der Waals surface area contributed by atoms with Crippen molar-refractivity contribution < 1.29 is 4.79 Å². The highest BCUT2D eigenvalue weighted by atomic mass is 35.5. The Balaban J connectivity index is 1.34. The first kappa shape index (κ1) is 21.8. The summed E-state index contributed by atoms with van der Waals surface area (Å²) in [7, 11) is 0. The van der Waals surface area contributed by atoms with E-state index >= 15 is 0 Å². The predicted octanol–water partition coefficient (Wildman–Crippen LogP) is 3.11. The summed E-state index contributed by atoms with van der Waals surface area (Å²) in [6, 6.07) is 16.2. The van der Waals surface area contributed by atoms with E-state index in [-0.39, 0.29) is 22.9 Å². The molecule has 0 radical (unpaired) electrons. The van der Waals surface area contributed by atoms with Crippen LogP contribution >= 0.6 is 11.6 Å². The number of aromatic nitrogens is 5. The van der Waals surface area contributed by atoms with Crippen molar-refractivity contribution in [3.8, 4) is 6.07 Å². The Morgan fingerprint density at radius 2 is 1.97 bits per heavy atom. The fourth-order valence-corrected chi connectivity index (χ4v) is 4.46. The number of carbonyl (C=O) groups excluding carboxylic acids is 1. The van der Waals surface area contributed by atoms with E-state index in [0.29, 0.717) is 60.1 Å². The zero-order valence-corrected chi connectivity index (χ0v) is 18.9. The molecule has 170 valence electrons. The summed E-state index contributed by atoms with van der Waals surface area (Å²) < 4.78 is 1.60. The summed E-state index contributed by atoms with van der Waals surface area (Å²) in [5, 5.41) is 17.8. The minimum Gasteiger partial charge on any atom is -0.339 e. The quantitative estimate of drug-likeness (QED) is 0.486. The number of hydrogen-bond acceptors (Lipinski definition) is 6. The maximum atomic E-state index is 12.9. The van der Waals surface area contributed by atoms with Crippen molar-refractivity contribution in [3.05, 3.63) is 86.4 Å². The van der Waals surface area contributed by atoms with Crippen molar-refractivity contribution in [2.45, 2.75) is 25.3 Å². The van der Waals surface area contributed by atoms with Crippen molar-refractivity contribution in [2.75, 3.05) is 13.1 Å². The lowest BCUT2D eigenvalue weighted by atomic mass is 9.95. The largest absolute Gasteiger partial charge is 0.339 e. The van der Waals surface area contributed by atoms with Gasteiger partial charge in [0.15, 0.2) is 11.2 Å². The molecule has 2 aromatic carbocycles. The molecule has 0 unspecified atom stereocenters. The van der Waals surface area contributed by atoms with Gasteiger partial charge in [0.25, 0.3) is 11.5 Å². The molecule has 10 heteroatoms. The maximum Gasteiger partial charge on any atom is 0.281 e. The van der Waals surface area contributed by atoms with Gasteiger partial charge in [-0.15, -0.1) is 5.10 Å². The molecule has 1 aliphatic heterocycles. The van der Waals surface area contributed by atoms with Crippen molar-refractivity contribution >= 4 is 28.7 Å². The molecule has 1 fully saturated rings. The molecule has 0 aliphatic carbocycles. The number of nitrogens with one attached hydrogen (secondary N) is 1. The molecule has 1 aliphatic rings. The fraction of sp³-hybridized carbons (Fsp3) is 0.250. The second-order valence-corrected chi connectivity index (χ2v) is 8.70. The van der Waals surface area contributed by atoms with Crippen LogP contribution in [0.2, 0.25) is 5.02 Å².